The van der Waals surface area contributed by atoms with Crippen molar-refractivity contribution < 1.29 is 9.59 Å². The van der Waals surface area contributed by atoms with Gasteiger partial charge in [-0.3, -0.25) is 9.59 Å². The van der Waals surface area contributed by atoms with E-state index in [4.69, 9.17) is 5.73 Å². The Morgan fingerprint density at radius 2 is 2.04 bits per heavy atom. The van der Waals surface area contributed by atoms with E-state index in [0.29, 0.717) is 25.6 Å². The van der Waals surface area contributed by atoms with Crippen LogP contribution in [0.5, 0.6) is 0 Å². The summed E-state index contributed by atoms with van der Waals surface area (Å²) in [6.45, 7) is 9.93. The van der Waals surface area contributed by atoms with Gasteiger partial charge >= 0.3 is 0 Å². The zero-order valence-electron chi connectivity index (χ0n) is 16.0. The Morgan fingerprint density at radius 3 is 2.64 bits per heavy atom. The third kappa shape index (κ3) is 4.42. The van der Waals surface area contributed by atoms with Crippen molar-refractivity contribution >= 4 is 11.8 Å². The average molecular weight is 348 g/mol. The van der Waals surface area contributed by atoms with E-state index in [1.807, 2.05) is 24.8 Å². The predicted molar refractivity (Wildman–Crippen MR) is 99.6 cm³/mol. The summed E-state index contributed by atoms with van der Waals surface area (Å²) in [6.07, 6.45) is 3.36. The molecule has 1 unspecified atom stereocenters. The first-order valence-corrected chi connectivity index (χ1v) is 9.33. The lowest BCUT2D eigenvalue weighted by molar-refractivity contribution is -0.121. The van der Waals surface area contributed by atoms with Crippen molar-refractivity contribution in [2.75, 3.05) is 19.6 Å². The van der Waals surface area contributed by atoms with Crippen LogP contribution in [0.25, 0.3) is 0 Å². The molecule has 1 saturated heterocycles. The van der Waals surface area contributed by atoms with Crippen LogP contribution >= 0.6 is 0 Å². The van der Waals surface area contributed by atoms with Gasteiger partial charge in [-0.25, -0.2) is 0 Å². The standard InChI is InChI=1S/C19H32N4O2/c1-13(2)23-14(3)11-17(15(23)4)19(25)22-10-6-5-7-16(22)12-21-18(24)8-9-20/h11,13,16H,5-10,12,20H2,1-4H3,(H,21,24). The molecule has 25 heavy (non-hydrogen) atoms. The molecule has 0 aliphatic carbocycles. The molecule has 6 nitrogen and oxygen atoms in total. The van der Waals surface area contributed by atoms with Gasteiger partial charge in [0.15, 0.2) is 0 Å². The molecule has 1 aliphatic heterocycles. The normalized spacial score (nSPS) is 17.8. The highest BCUT2D eigenvalue weighted by atomic mass is 16.2. The van der Waals surface area contributed by atoms with E-state index >= 15 is 0 Å². The molecule has 1 aliphatic rings. The highest BCUT2D eigenvalue weighted by Gasteiger charge is 2.30. The number of carbonyl (C=O) groups excluding carboxylic acids is 2. The first kappa shape index (κ1) is 19.5. The molecular weight excluding hydrogens is 316 g/mol. The maximum Gasteiger partial charge on any atom is 0.255 e. The zero-order chi connectivity index (χ0) is 18.6. The van der Waals surface area contributed by atoms with Crippen LogP contribution in [0.2, 0.25) is 0 Å². The van der Waals surface area contributed by atoms with E-state index in [2.05, 4.69) is 23.7 Å². The Labute approximate surface area is 150 Å². The molecule has 140 valence electrons. The molecule has 0 bridgehead atoms. The minimum Gasteiger partial charge on any atom is -0.354 e. The minimum atomic E-state index is -0.0431. The van der Waals surface area contributed by atoms with Gasteiger partial charge in [-0.15, -0.1) is 0 Å². The number of amides is 2. The first-order valence-electron chi connectivity index (χ1n) is 9.33. The predicted octanol–water partition coefficient (Wildman–Crippen LogP) is 2.15. The number of aromatic nitrogens is 1. The Balaban J connectivity index is 2.15. The number of nitrogens with zero attached hydrogens (tertiary/aromatic N) is 2. The number of likely N-dealkylation sites (tertiary alicyclic amines) is 1. The highest BCUT2D eigenvalue weighted by molar-refractivity contribution is 5.96. The summed E-state index contributed by atoms with van der Waals surface area (Å²) >= 11 is 0. The van der Waals surface area contributed by atoms with E-state index in [1.165, 1.54) is 0 Å². The van der Waals surface area contributed by atoms with Gasteiger partial charge in [-0.05, 0) is 53.0 Å². The van der Waals surface area contributed by atoms with Gasteiger partial charge in [0, 0.05) is 49.5 Å². The zero-order valence-corrected chi connectivity index (χ0v) is 16.0. The van der Waals surface area contributed by atoms with E-state index in [1.54, 1.807) is 0 Å². The van der Waals surface area contributed by atoms with Gasteiger partial charge in [-0.2, -0.15) is 0 Å². The van der Waals surface area contributed by atoms with Gasteiger partial charge in [0.25, 0.3) is 5.91 Å². The summed E-state index contributed by atoms with van der Waals surface area (Å²) in [5.41, 5.74) is 8.34. The van der Waals surface area contributed by atoms with Crippen molar-refractivity contribution in [3.8, 4) is 0 Å². The summed E-state index contributed by atoms with van der Waals surface area (Å²) < 4.78 is 2.20. The van der Waals surface area contributed by atoms with E-state index < -0.39 is 0 Å². The van der Waals surface area contributed by atoms with E-state index in [0.717, 1.165) is 42.8 Å². The lowest BCUT2D eigenvalue weighted by Gasteiger charge is -2.36. The van der Waals surface area contributed by atoms with E-state index in [9.17, 15) is 9.59 Å². The topological polar surface area (TPSA) is 80.4 Å². The highest BCUT2D eigenvalue weighted by Crippen LogP contribution is 2.25. The Morgan fingerprint density at radius 1 is 1.32 bits per heavy atom. The fourth-order valence-electron chi connectivity index (χ4n) is 3.87. The molecule has 1 fully saturated rings. The second-order valence-corrected chi connectivity index (χ2v) is 7.24. The SMILES string of the molecule is Cc1cc(C(=O)N2CCCCC2CNC(=O)CCN)c(C)n1C(C)C. The molecule has 2 amide bonds. The molecule has 0 radical (unpaired) electrons. The summed E-state index contributed by atoms with van der Waals surface area (Å²) in [5, 5.41) is 2.92. The lowest BCUT2D eigenvalue weighted by Crippen LogP contribution is -2.49. The molecule has 2 rings (SSSR count). The number of piperidine rings is 1. The maximum absolute atomic E-state index is 13.2. The van der Waals surface area contributed by atoms with Gasteiger partial charge < -0.3 is 20.5 Å². The van der Waals surface area contributed by atoms with Crippen LogP contribution in [0, 0.1) is 13.8 Å². The minimum absolute atomic E-state index is 0.0431. The van der Waals surface area contributed by atoms with Crippen LogP contribution in [0.3, 0.4) is 0 Å². The lowest BCUT2D eigenvalue weighted by atomic mass is 10.0. The van der Waals surface area contributed by atoms with Crippen molar-refractivity contribution in [1.82, 2.24) is 14.8 Å². The van der Waals surface area contributed by atoms with Crippen LogP contribution in [0.15, 0.2) is 6.07 Å². The van der Waals surface area contributed by atoms with Crippen molar-refractivity contribution in [1.29, 1.82) is 0 Å². The van der Waals surface area contributed by atoms with Crippen molar-refractivity contribution in [3.05, 3.63) is 23.0 Å². The number of rotatable bonds is 6. The summed E-state index contributed by atoms with van der Waals surface area (Å²) in [5.74, 6) is 0.0382. The third-order valence-corrected chi connectivity index (χ3v) is 5.03. The molecule has 3 N–H and O–H groups in total. The van der Waals surface area contributed by atoms with Gasteiger partial charge in [-0.1, -0.05) is 0 Å². The molecular formula is C19H32N4O2. The molecule has 6 heteroatoms. The maximum atomic E-state index is 13.2. The summed E-state index contributed by atoms with van der Waals surface area (Å²) in [7, 11) is 0. The van der Waals surface area contributed by atoms with Gasteiger partial charge in [0.2, 0.25) is 5.91 Å². The number of nitrogens with one attached hydrogen (secondary N) is 1. The van der Waals surface area contributed by atoms with Crippen molar-refractivity contribution in [2.45, 2.75) is 65.5 Å². The largest absolute Gasteiger partial charge is 0.354 e. The fourth-order valence-corrected chi connectivity index (χ4v) is 3.87. The van der Waals surface area contributed by atoms with Crippen LogP contribution < -0.4 is 11.1 Å². The second-order valence-electron chi connectivity index (χ2n) is 7.24. The first-order chi connectivity index (χ1) is 11.9. The smallest absolute Gasteiger partial charge is 0.255 e. The number of hydrogen-bond donors (Lipinski definition) is 2. The molecule has 0 aromatic carbocycles. The van der Waals surface area contributed by atoms with Crippen LogP contribution in [-0.2, 0) is 4.79 Å². The van der Waals surface area contributed by atoms with Gasteiger partial charge in [0.05, 0.1) is 5.56 Å². The Bertz CT molecular complexity index is 621. The summed E-state index contributed by atoms with van der Waals surface area (Å²) in [4.78, 5) is 26.8. The second kappa shape index (κ2) is 8.52. The molecule has 1 aromatic heterocycles. The molecule has 2 heterocycles. The van der Waals surface area contributed by atoms with Crippen molar-refractivity contribution in [2.24, 2.45) is 5.73 Å². The van der Waals surface area contributed by atoms with Crippen LogP contribution in [0.1, 0.15) is 67.3 Å². The quantitative estimate of drug-likeness (QED) is 0.826. The van der Waals surface area contributed by atoms with Crippen molar-refractivity contribution in [3.63, 3.8) is 0 Å². The van der Waals surface area contributed by atoms with E-state index in [-0.39, 0.29) is 17.9 Å². The number of aryl methyl sites for hydroxylation is 1. The average Bonchev–Trinajstić information content (AvgIpc) is 2.87. The molecule has 0 spiro atoms. The number of carbonyl (C=O) groups is 2. The van der Waals surface area contributed by atoms with Crippen LogP contribution in [-0.4, -0.2) is 47.0 Å². The third-order valence-electron chi connectivity index (χ3n) is 5.03. The van der Waals surface area contributed by atoms with Gasteiger partial charge in [0.1, 0.15) is 0 Å². The summed E-state index contributed by atoms with van der Waals surface area (Å²) in [6, 6.07) is 2.38. The fraction of sp³-hybridized carbons (Fsp3) is 0.684. The number of nitrogens with two attached hydrogens (primary N) is 1. The molecule has 1 atom stereocenters. The monoisotopic (exact) mass is 348 g/mol. The molecule has 1 aromatic rings. The van der Waals surface area contributed by atoms with Crippen LogP contribution in [0.4, 0.5) is 0 Å². The Hall–Kier alpha value is -1.82. The number of hydrogen-bond acceptors (Lipinski definition) is 3. The Kier molecular flexibility index (Phi) is 6.64. The molecule has 0 saturated carbocycles.